The van der Waals surface area contributed by atoms with Gasteiger partial charge in [0, 0.05) is 42.5 Å². The van der Waals surface area contributed by atoms with Crippen molar-refractivity contribution in [2.75, 3.05) is 10.2 Å². The molecule has 0 fully saturated rings. The lowest BCUT2D eigenvalue weighted by Gasteiger charge is -2.17. The molecule has 2 amide bonds. The van der Waals surface area contributed by atoms with Crippen molar-refractivity contribution in [2.45, 2.75) is 6.92 Å². The van der Waals surface area contributed by atoms with E-state index in [0.717, 1.165) is 22.3 Å². The number of benzene rings is 2. The van der Waals surface area contributed by atoms with E-state index in [2.05, 4.69) is 10.3 Å². The number of carbonyl (C=O) groups is 2. The molecule has 2 aromatic heterocycles. The van der Waals surface area contributed by atoms with Crippen LogP contribution in [0.25, 0.3) is 17.0 Å². The lowest BCUT2D eigenvalue weighted by atomic mass is 10.2. The molecule has 0 unspecified atom stereocenters. The Morgan fingerprint density at radius 2 is 1.90 bits per heavy atom. The first kappa shape index (κ1) is 19.6. The molecule has 0 radical (unpaired) electrons. The Morgan fingerprint density at radius 3 is 2.67 bits per heavy atom. The van der Waals surface area contributed by atoms with Crippen LogP contribution in [0.2, 0.25) is 0 Å². The molecule has 7 heteroatoms. The maximum absolute atomic E-state index is 12.4. The molecule has 0 saturated heterocycles. The predicted molar refractivity (Wildman–Crippen MR) is 122 cm³/mol. The van der Waals surface area contributed by atoms with Gasteiger partial charge in [0.1, 0.15) is 0 Å². The Hall–Kier alpha value is -3.71. The van der Waals surface area contributed by atoms with Gasteiger partial charge in [-0.15, -0.1) is 11.3 Å². The van der Waals surface area contributed by atoms with E-state index in [-0.39, 0.29) is 11.8 Å². The molecule has 2 aromatic carbocycles. The van der Waals surface area contributed by atoms with Crippen LogP contribution in [-0.4, -0.2) is 21.4 Å². The number of hydrogen-bond acceptors (Lipinski definition) is 4. The summed E-state index contributed by atoms with van der Waals surface area (Å²) in [5.74, 6) is -0.368. The normalized spacial score (nSPS) is 11.1. The first-order chi connectivity index (χ1) is 14.5. The van der Waals surface area contributed by atoms with Gasteiger partial charge in [-0.1, -0.05) is 24.3 Å². The van der Waals surface area contributed by atoms with Gasteiger partial charge in [0.25, 0.3) is 0 Å². The molecule has 0 bridgehead atoms. The quantitative estimate of drug-likeness (QED) is 0.467. The number of amides is 2. The lowest BCUT2D eigenvalue weighted by Crippen LogP contribution is -2.22. The molecular weight excluding hydrogens is 396 g/mol. The van der Waals surface area contributed by atoms with Gasteiger partial charge < -0.3 is 9.88 Å². The van der Waals surface area contributed by atoms with Gasteiger partial charge >= 0.3 is 0 Å². The van der Waals surface area contributed by atoms with Crippen LogP contribution in [0.1, 0.15) is 12.6 Å². The SMILES string of the molecule is CC(=O)N(c1ccccc1)c1nc(/C=C/C(=O)Nc2cccc3c2ccn3C)cs1. The molecular formula is C23H20N4O2S. The second kappa shape index (κ2) is 8.34. The fourth-order valence-electron chi connectivity index (χ4n) is 3.21. The van der Waals surface area contributed by atoms with E-state index in [1.165, 1.54) is 24.3 Å². The first-order valence-electron chi connectivity index (χ1n) is 9.37. The van der Waals surface area contributed by atoms with Gasteiger partial charge in [0.05, 0.1) is 17.1 Å². The highest BCUT2D eigenvalue weighted by Gasteiger charge is 2.17. The van der Waals surface area contributed by atoms with Crippen LogP contribution in [0.3, 0.4) is 0 Å². The van der Waals surface area contributed by atoms with E-state index in [0.29, 0.717) is 10.8 Å². The fourth-order valence-corrected chi connectivity index (χ4v) is 4.06. The zero-order chi connectivity index (χ0) is 21.1. The third-order valence-electron chi connectivity index (χ3n) is 4.62. The minimum Gasteiger partial charge on any atom is -0.350 e. The van der Waals surface area contributed by atoms with Crippen LogP contribution in [0.5, 0.6) is 0 Å². The number of fused-ring (bicyclic) bond motifs is 1. The molecule has 30 heavy (non-hydrogen) atoms. The molecule has 0 spiro atoms. The Balaban J connectivity index is 1.50. The van der Waals surface area contributed by atoms with Gasteiger partial charge in [-0.05, 0) is 36.4 Å². The molecule has 0 aliphatic carbocycles. The summed E-state index contributed by atoms with van der Waals surface area (Å²) in [6, 6.07) is 17.1. The fraction of sp³-hybridized carbons (Fsp3) is 0.0870. The number of anilines is 3. The highest BCUT2D eigenvalue weighted by atomic mass is 32.1. The first-order valence-corrected chi connectivity index (χ1v) is 10.3. The molecule has 0 saturated carbocycles. The van der Waals surface area contributed by atoms with Gasteiger partial charge in [-0.25, -0.2) is 4.98 Å². The second-order valence-corrected chi connectivity index (χ2v) is 7.57. The molecule has 1 N–H and O–H groups in total. The summed E-state index contributed by atoms with van der Waals surface area (Å²) < 4.78 is 2.01. The van der Waals surface area contributed by atoms with E-state index in [4.69, 9.17) is 0 Å². The third kappa shape index (κ3) is 4.01. The van der Waals surface area contributed by atoms with Crippen molar-refractivity contribution in [1.82, 2.24) is 9.55 Å². The van der Waals surface area contributed by atoms with E-state index >= 15 is 0 Å². The largest absolute Gasteiger partial charge is 0.350 e. The highest BCUT2D eigenvalue weighted by molar-refractivity contribution is 7.14. The van der Waals surface area contributed by atoms with Crippen LogP contribution in [0.15, 0.2) is 72.3 Å². The van der Waals surface area contributed by atoms with Crippen LogP contribution < -0.4 is 10.2 Å². The average molecular weight is 417 g/mol. The number of nitrogens with one attached hydrogen (secondary N) is 1. The standard InChI is InChI=1S/C23H20N4O2S/c1-16(28)27(18-7-4-3-5-8-18)23-24-17(15-30-23)11-12-22(29)25-20-9-6-10-21-19(20)13-14-26(21)2/h3-15H,1-2H3,(H,25,29)/b12-11+. The van der Waals surface area contributed by atoms with E-state index < -0.39 is 0 Å². The van der Waals surface area contributed by atoms with E-state index in [1.54, 1.807) is 11.0 Å². The van der Waals surface area contributed by atoms with E-state index in [9.17, 15) is 9.59 Å². The van der Waals surface area contributed by atoms with Crippen molar-refractivity contribution >= 4 is 56.6 Å². The minimum absolute atomic E-state index is 0.125. The lowest BCUT2D eigenvalue weighted by molar-refractivity contribution is -0.116. The zero-order valence-electron chi connectivity index (χ0n) is 16.6. The monoisotopic (exact) mass is 416 g/mol. The zero-order valence-corrected chi connectivity index (χ0v) is 17.4. The third-order valence-corrected chi connectivity index (χ3v) is 5.47. The van der Waals surface area contributed by atoms with E-state index in [1.807, 2.05) is 77.8 Å². The van der Waals surface area contributed by atoms with Crippen molar-refractivity contribution in [1.29, 1.82) is 0 Å². The molecule has 150 valence electrons. The molecule has 4 aromatic rings. The summed E-state index contributed by atoms with van der Waals surface area (Å²) in [5.41, 5.74) is 3.17. The van der Waals surface area contributed by atoms with Crippen molar-refractivity contribution in [2.24, 2.45) is 7.05 Å². The average Bonchev–Trinajstić information content (AvgIpc) is 3.35. The Kier molecular flexibility index (Phi) is 5.45. The molecule has 0 aliphatic rings. The number of nitrogens with zero attached hydrogens (tertiary/aromatic N) is 3. The smallest absolute Gasteiger partial charge is 0.248 e. The van der Waals surface area contributed by atoms with Crippen molar-refractivity contribution in [3.05, 3.63) is 77.9 Å². The number of hydrogen-bond donors (Lipinski definition) is 1. The van der Waals surface area contributed by atoms with Gasteiger partial charge in [0.2, 0.25) is 11.8 Å². The number of aryl methyl sites for hydroxylation is 1. The molecule has 4 rings (SSSR count). The Morgan fingerprint density at radius 1 is 1.10 bits per heavy atom. The van der Waals surface area contributed by atoms with Gasteiger partial charge in [-0.3, -0.25) is 14.5 Å². The van der Waals surface area contributed by atoms with Crippen LogP contribution in [0.4, 0.5) is 16.5 Å². The summed E-state index contributed by atoms with van der Waals surface area (Å²) in [6.45, 7) is 1.50. The maximum atomic E-state index is 12.4. The Labute approximate surface area is 178 Å². The molecule has 0 aliphatic heterocycles. The highest BCUT2D eigenvalue weighted by Crippen LogP contribution is 2.29. The molecule has 6 nitrogen and oxygen atoms in total. The number of rotatable bonds is 5. The van der Waals surface area contributed by atoms with Crippen molar-refractivity contribution < 1.29 is 9.59 Å². The van der Waals surface area contributed by atoms with Crippen LogP contribution in [0, 0.1) is 0 Å². The topological polar surface area (TPSA) is 67.2 Å². The summed E-state index contributed by atoms with van der Waals surface area (Å²) in [7, 11) is 1.97. The van der Waals surface area contributed by atoms with Crippen molar-refractivity contribution in [3.8, 4) is 0 Å². The van der Waals surface area contributed by atoms with Crippen molar-refractivity contribution in [3.63, 3.8) is 0 Å². The maximum Gasteiger partial charge on any atom is 0.248 e. The summed E-state index contributed by atoms with van der Waals surface area (Å²) >= 11 is 1.35. The summed E-state index contributed by atoms with van der Waals surface area (Å²) in [4.78, 5) is 30.6. The second-order valence-electron chi connectivity index (χ2n) is 6.73. The summed E-state index contributed by atoms with van der Waals surface area (Å²) in [6.07, 6.45) is 5.05. The predicted octanol–water partition coefficient (Wildman–Crippen LogP) is 4.97. The number of para-hydroxylation sites is 1. The number of aromatic nitrogens is 2. The number of thiazole rings is 1. The number of carbonyl (C=O) groups excluding carboxylic acids is 2. The molecule has 2 heterocycles. The van der Waals surface area contributed by atoms with Crippen LogP contribution >= 0.6 is 11.3 Å². The summed E-state index contributed by atoms with van der Waals surface area (Å²) in [5, 5.41) is 6.27. The van der Waals surface area contributed by atoms with Gasteiger partial charge in [-0.2, -0.15) is 0 Å². The van der Waals surface area contributed by atoms with Gasteiger partial charge in [0.15, 0.2) is 5.13 Å². The Bertz CT molecular complexity index is 1240. The minimum atomic E-state index is -0.243. The molecule has 0 atom stereocenters. The van der Waals surface area contributed by atoms with Crippen LogP contribution in [-0.2, 0) is 16.6 Å².